The summed E-state index contributed by atoms with van der Waals surface area (Å²) in [5, 5.41) is 14.8. The molecule has 0 heterocycles. The number of hydrogen-bond acceptors (Lipinski definition) is 2. The van der Waals surface area contributed by atoms with Crippen LogP contribution in [-0.4, -0.2) is 57.1 Å². The van der Waals surface area contributed by atoms with E-state index in [-0.39, 0.29) is 36.3 Å². The third-order valence-electron chi connectivity index (χ3n) is 9.22. The zero-order valence-electron chi connectivity index (χ0n) is 23.9. The Balaban J connectivity index is 0.000000671. The molecule has 0 aromatic heterocycles. The Morgan fingerprint density at radius 3 is 0.811 bits per heavy atom. The van der Waals surface area contributed by atoms with E-state index in [9.17, 15) is 0 Å². The van der Waals surface area contributed by atoms with E-state index in [0.717, 1.165) is 13.8 Å². The Morgan fingerprint density at radius 1 is 0.486 bits per heavy atom. The van der Waals surface area contributed by atoms with Gasteiger partial charge in [-0.15, -0.1) is 0 Å². The molecule has 37 heavy (non-hydrogen) atoms. The van der Waals surface area contributed by atoms with Gasteiger partial charge in [0, 0.05) is 50.1 Å². The Labute approximate surface area is 244 Å². The molecule has 0 bridgehead atoms. The zero-order chi connectivity index (χ0) is 26.2. The minimum atomic E-state index is -0.833. The fourth-order valence-corrected chi connectivity index (χ4v) is 17.5. The number of carboxylic acid groups (broad SMARTS) is 2. The van der Waals surface area contributed by atoms with Gasteiger partial charge in [0.05, 0.1) is 35.0 Å². The second-order valence-electron chi connectivity index (χ2n) is 12.0. The Bertz CT molecular complexity index is 500. The van der Waals surface area contributed by atoms with Gasteiger partial charge in [-0.1, -0.05) is 25.7 Å². The molecule has 2 N–H and O–H groups in total. The van der Waals surface area contributed by atoms with Crippen molar-refractivity contribution in [2.45, 2.75) is 165 Å². The van der Waals surface area contributed by atoms with Crippen LogP contribution in [0.2, 0.25) is 0 Å². The Kier molecular flexibility index (Phi) is 20.4. The van der Waals surface area contributed by atoms with Crippen molar-refractivity contribution in [3.63, 3.8) is 0 Å². The Morgan fingerprint density at radius 2 is 0.649 bits per heavy atom. The van der Waals surface area contributed by atoms with Crippen LogP contribution in [0.1, 0.15) is 142 Å². The van der Waals surface area contributed by atoms with Gasteiger partial charge in [-0.05, 0) is 103 Å². The second kappa shape index (κ2) is 21.2. The van der Waals surface area contributed by atoms with Crippen molar-refractivity contribution in [1.29, 1.82) is 0 Å². The van der Waals surface area contributed by atoms with Gasteiger partial charge >= 0.3 is 0 Å². The summed E-state index contributed by atoms with van der Waals surface area (Å²) in [6, 6.07) is 0. The molecule has 4 fully saturated rings. The van der Waals surface area contributed by atoms with E-state index in [4.69, 9.17) is 19.8 Å². The number of rotatable bonds is 7. The maximum Gasteiger partial charge on any atom is 0.300 e. The minimum Gasteiger partial charge on any atom is -0.481 e. The summed E-state index contributed by atoms with van der Waals surface area (Å²) in [4.78, 5) is 18.0. The van der Waals surface area contributed by atoms with Crippen LogP contribution in [-0.2, 0) is 30.0 Å². The first-order chi connectivity index (χ1) is 17.4. The molecule has 4 aliphatic carbocycles. The summed E-state index contributed by atoms with van der Waals surface area (Å²) >= 11 is 0. The molecule has 7 heteroatoms. The molecule has 220 valence electrons. The van der Waals surface area contributed by atoms with Crippen molar-refractivity contribution >= 4 is 27.8 Å². The number of aliphatic carboxylic acids is 2. The fraction of sp³-hybridized carbons (Fsp3) is 0.933. The monoisotopic (exact) mass is 650 g/mol. The molecule has 4 rings (SSSR count). The van der Waals surface area contributed by atoms with Gasteiger partial charge in [-0.2, -0.15) is 0 Å². The maximum absolute atomic E-state index is 9.00. The first kappa shape index (κ1) is 35.5. The van der Waals surface area contributed by atoms with Crippen molar-refractivity contribution in [3.8, 4) is 0 Å². The first-order valence-electron chi connectivity index (χ1n) is 15.5. The standard InChI is InChI=1S/C26H48P2.2C2H4O2.Pd/c1-5-13-23(14-6-1)27(24-15-7-2-8-16-24)21-22-28(25-17-9-3-10-18-25)26-19-11-4-12-20-26;2*1-2(3)4;/h23-26H,1-22H2;2*1H3,(H,3,4);/p+2. The van der Waals surface area contributed by atoms with Crippen LogP contribution in [0.5, 0.6) is 0 Å². The van der Waals surface area contributed by atoms with Crippen LogP contribution in [0, 0.1) is 0 Å². The summed E-state index contributed by atoms with van der Waals surface area (Å²) in [7, 11) is -0.182. The summed E-state index contributed by atoms with van der Waals surface area (Å²) in [6.07, 6.45) is 35.5. The van der Waals surface area contributed by atoms with Crippen LogP contribution in [0.4, 0.5) is 0 Å². The van der Waals surface area contributed by atoms with Gasteiger partial charge in [0.1, 0.15) is 0 Å². The molecule has 0 amide bonds. The van der Waals surface area contributed by atoms with Crippen LogP contribution < -0.4 is 0 Å². The summed E-state index contributed by atoms with van der Waals surface area (Å²) in [6.45, 7) is 2.17. The largest absolute Gasteiger partial charge is 0.481 e. The van der Waals surface area contributed by atoms with Crippen molar-refractivity contribution in [1.82, 2.24) is 0 Å². The number of carbonyl (C=O) groups is 2. The molecule has 4 aliphatic rings. The molecule has 0 aromatic carbocycles. The van der Waals surface area contributed by atoms with Gasteiger partial charge in [0.15, 0.2) is 0 Å². The van der Waals surface area contributed by atoms with E-state index in [2.05, 4.69) is 0 Å². The van der Waals surface area contributed by atoms with E-state index in [1.807, 2.05) is 0 Å². The molecule has 0 atom stereocenters. The summed E-state index contributed by atoms with van der Waals surface area (Å²) in [5.41, 5.74) is 4.90. The SMILES string of the molecule is C1CCC([PH+](CC[PH+](C2CCCCC2)C2CCCCC2)C2CCCCC2)CC1.CC(=O)O.CC(=O)O.[Pd]. The van der Waals surface area contributed by atoms with Crippen LogP contribution >= 0.6 is 15.8 Å². The second-order valence-corrected chi connectivity index (χ2v) is 18.6. The van der Waals surface area contributed by atoms with Crippen LogP contribution in [0.15, 0.2) is 0 Å². The van der Waals surface area contributed by atoms with Crippen molar-refractivity contribution in [3.05, 3.63) is 0 Å². The van der Waals surface area contributed by atoms with Gasteiger partial charge in [0.25, 0.3) is 11.9 Å². The van der Waals surface area contributed by atoms with Crippen molar-refractivity contribution in [2.24, 2.45) is 0 Å². The zero-order valence-corrected chi connectivity index (χ0v) is 27.4. The normalized spacial score (nSPS) is 22.3. The molecule has 0 unspecified atom stereocenters. The van der Waals surface area contributed by atoms with Crippen LogP contribution in [0.3, 0.4) is 0 Å². The molecule has 0 spiro atoms. The molecular weight excluding hydrogens is 593 g/mol. The predicted molar refractivity (Wildman–Crippen MR) is 160 cm³/mol. The van der Waals surface area contributed by atoms with Gasteiger partial charge in [-0.3, -0.25) is 9.59 Å². The molecule has 0 saturated heterocycles. The van der Waals surface area contributed by atoms with E-state index in [0.29, 0.717) is 0 Å². The topological polar surface area (TPSA) is 74.6 Å². The maximum atomic E-state index is 9.00. The molecule has 4 nitrogen and oxygen atoms in total. The first-order valence-corrected chi connectivity index (χ1v) is 19.2. The number of carboxylic acids is 2. The van der Waals surface area contributed by atoms with E-state index in [1.165, 1.54) is 22.6 Å². The van der Waals surface area contributed by atoms with E-state index >= 15 is 0 Å². The average molecular weight is 651 g/mol. The predicted octanol–water partition coefficient (Wildman–Crippen LogP) is 8.92. The third kappa shape index (κ3) is 15.2. The average Bonchev–Trinajstić information content (AvgIpc) is 2.88. The molecule has 0 aromatic rings. The molecular formula is C30H58O4P2Pd+2. The smallest absolute Gasteiger partial charge is 0.300 e. The van der Waals surface area contributed by atoms with Crippen molar-refractivity contribution < 1.29 is 40.2 Å². The summed E-state index contributed by atoms with van der Waals surface area (Å²) in [5.74, 6) is -1.67. The quantitative estimate of drug-likeness (QED) is 0.213. The molecule has 4 saturated carbocycles. The third-order valence-corrected chi connectivity index (χ3v) is 17.9. The number of hydrogen-bond donors (Lipinski definition) is 2. The van der Waals surface area contributed by atoms with Gasteiger partial charge in [-0.25, -0.2) is 0 Å². The Hall–Kier alpha value is 0.462. The molecule has 0 aliphatic heterocycles. The van der Waals surface area contributed by atoms with Gasteiger partial charge < -0.3 is 10.2 Å². The van der Waals surface area contributed by atoms with Gasteiger partial charge in [0.2, 0.25) is 0 Å². The van der Waals surface area contributed by atoms with Crippen LogP contribution in [0.25, 0.3) is 0 Å². The fourth-order valence-electron chi connectivity index (χ4n) is 7.67. The summed E-state index contributed by atoms with van der Waals surface area (Å²) < 4.78 is 0. The van der Waals surface area contributed by atoms with Crippen molar-refractivity contribution in [2.75, 3.05) is 12.3 Å². The minimum absolute atomic E-state index is 0. The van der Waals surface area contributed by atoms with E-state index < -0.39 is 11.9 Å². The van der Waals surface area contributed by atoms with E-state index in [1.54, 1.807) is 141 Å². The molecule has 0 radical (unpaired) electrons.